The number of halogens is 3. The predicted molar refractivity (Wildman–Crippen MR) is 154 cm³/mol. The Kier molecular flexibility index (Phi) is 11.4. The molecule has 0 bridgehead atoms. The van der Waals surface area contributed by atoms with E-state index < -0.39 is 35.5 Å². The molecule has 42 heavy (non-hydrogen) atoms. The highest BCUT2D eigenvalue weighted by Gasteiger charge is 2.40. The summed E-state index contributed by atoms with van der Waals surface area (Å²) in [5.41, 5.74) is 0.0106. The van der Waals surface area contributed by atoms with Crippen LogP contribution in [0.4, 0.5) is 13.2 Å². The first-order chi connectivity index (χ1) is 19.7. The fraction of sp³-hybridized carbons (Fsp3) is 0.594. The molecule has 2 amide bonds. The predicted octanol–water partition coefficient (Wildman–Crippen LogP) is 6.01. The average molecular weight is 593 g/mol. The molecule has 0 radical (unpaired) electrons. The Balaban J connectivity index is 1.95. The zero-order valence-electron chi connectivity index (χ0n) is 25.0. The number of aliphatic carboxylic acids is 1. The molecule has 0 aliphatic carbocycles. The van der Waals surface area contributed by atoms with Crippen LogP contribution in [0.5, 0.6) is 0 Å². The molecule has 3 rings (SSSR count). The average Bonchev–Trinajstić information content (AvgIpc) is 3.01. The number of methoxy groups -OCH3 is 1. The number of hydrogen-bond acceptors (Lipinski definition) is 4. The van der Waals surface area contributed by atoms with Gasteiger partial charge in [-0.15, -0.1) is 0 Å². The van der Waals surface area contributed by atoms with Gasteiger partial charge in [0.05, 0.1) is 30.6 Å². The second-order valence-electron chi connectivity index (χ2n) is 12.4. The highest BCUT2D eigenvalue weighted by molar-refractivity contribution is 5.89. The number of rotatable bonds is 10. The van der Waals surface area contributed by atoms with Crippen molar-refractivity contribution in [1.82, 2.24) is 9.80 Å². The number of amides is 2. The molecule has 232 valence electrons. The minimum Gasteiger partial charge on any atom is -0.481 e. The van der Waals surface area contributed by atoms with Crippen LogP contribution in [0, 0.1) is 11.3 Å². The summed E-state index contributed by atoms with van der Waals surface area (Å²) in [6.07, 6.45) is 5.26. The van der Waals surface area contributed by atoms with Gasteiger partial charge >= 0.3 is 12.1 Å². The van der Waals surface area contributed by atoms with Crippen LogP contribution in [0.1, 0.15) is 81.4 Å². The van der Waals surface area contributed by atoms with E-state index in [0.717, 1.165) is 6.07 Å². The number of fused-ring (bicyclic) bond motifs is 1. The van der Waals surface area contributed by atoms with Crippen molar-refractivity contribution in [1.29, 1.82) is 0 Å². The summed E-state index contributed by atoms with van der Waals surface area (Å²) in [6, 6.07) is 3.67. The van der Waals surface area contributed by atoms with Crippen molar-refractivity contribution in [3.8, 4) is 0 Å². The summed E-state index contributed by atoms with van der Waals surface area (Å²) in [6.45, 7) is 6.92. The van der Waals surface area contributed by atoms with Crippen LogP contribution in [-0.2, 0) is 25.3 Å². The Morgan fingerprint density at radius 3 is 2.31 bits per heavy atom. The molecule has 2 heterocycles. The Morgan fingerprint density at radius 1 is 1.05 bits per heavy atom. The molecule has 2 unspecified atom stereocenters. The third-order valence-electron chi connectivity index (χ3n) is 7.91. The molecule has 1 aromatic rings. The molecule has 0 saturated carbocycles. The van der Waals surface area contributed by atoms with E-state index in [1.54, 1.807) is 12.0 Å². The number of benzene rings is 1. The molecule has 10 heteroatoms. The van der Waals surface area contributed by atoms with E-state index in [2.05, 4.69) is 0 Å². The minimum absolute atomic E-state index is 0.106. The van der Waals surface area contributed by atoms with E-state index in [-0.39, 0.29) is 30.3 Å². The minimum atomic E-state index is -4.53. The molecular formula is C32H43F3N2O5. The molecule has 2 aliphatic heterocycles. The number of ether oxygens (including phenoxy) is 1. The molecule has 7 nitrogen and oxygen atoms in total. The van der Waals surface area contributed by atoms with Crippen LogP contribution < -0.4 is 0 Å². The molecular weight excluding hydrogens is 549 g/mol. The van der Waals surface area contributed by atoms with Gasteiger partial charge in [-0.25, -0.2) is 0 Å². The van der Waals surface area contributed by atoms with Crippen LogP contribution in [0.25, 0.3) is 0 Å². The third-order valence-corrected chi connectivity index (χ3v) is 7.91. The van der Waals surface area contributed by atoms with E-state index in [9.17, 15) is 32.7 Å². The fourth-order valence-electron chi connectivity index (χ4n) is 5.72. The highest BCUT2D eigenvalue weighted by Crippen LogP contribution is 2.42. The number of carboxylic acids is 1. The van der Waals surface area contributed by atoms with Gasteiger partial charge in [-0.2, -0.15) is 13.2 Å². The summed E-state index contributed by atoms with van der Waals surface area (Å²) >= 11 is 0. The maximum absolute atomic E-state index is 14.1. The number of carboxylic acid groups (broad SMARTS) is 1. The Morgan fingerprint density at radius 2 is 1.71 bits per heavy atom. The van der Waals surface area contributed by atoms with Crippen molar-refractivity contribution in [2.24, 2.45) is 11.3 Å². The quantitative estimate of drug-likeness (QED) is 0.336. The number of carbonyl (C=O) groups is 3. The van der Waals surface area contributed by atoms with Crippen LogP contribution >= 0.6 is 0 Å². The van der Waals surface area contributed by atoms with E-state index in [1.165, 1.54) is 17.0 Å². The molecule has 0 aromatic heterocycles. The maximum atomic E-state index is 14.1. The summed E-state index contributed by atoms with van der Waals surface area (Å²) in [5, 5.41) is 9.30. The monoisotopic (exact) mass is 592 g/mol. The van der Waals surface area contributed by atoms with Crippen molar-refractivity contribution in [3.05, 3.63) is 59.2 Å². The van der Waals surface area contributed by atoms with Crippen molar-refractivity contribution in [2.45, 2.75) is 70.9 Å². The topological polar surface area (TPSA) is 87.2 Å². The van der Waals surface area contributed by atoms with Gasteiger partial charge in [0.25, 0.3) is 0 Å². The van der Waals surface area contributed by atoms with Crippen molar-refractivity contribution >= 4 is 17.8 Å². The molecule has 1 fully saturated rings. The van der Waals surface area contributed by atoms with Crippen LogP contribution in [0.2, 0.25) is 0 Å². The normalized spacial score (nSPS) is 20.8. The third kappa shape index (κ3) is 9.18. The first-order valence-corrected chi connectivity index (χ1v) is 14.5. The van der Waals surface area contributed by atoms with E-state index in [0.29, 0.717) is 62.9 Å². The lowest BCUT2D eigenvalue weighted by molar-refractivity contribution is -0.147. The van der Waals surface area contributed by atoms with Gasteiger partial charge in [-0.3, -0.25) is 14.4 Å². The van der Waals surface area contributed by atoms with Gasteiger partial charge < -0.3 is 19.6 Å². The van der Waals surface area contributed by atoms with Gasteiger partial charge in [-0.05, 0) is 60.8 Å². The molecule has 1 saturated heterocycles. The Labute approximate surface area is 246 Å². The van der Waals surface area contributed by atoms with E-state index in [1.807, 2.05) is 45.1 Å². The smallest absolute Gasteiger partial charge is 0.416 e. The highest BCUT2D eigenvalue weighted by atomic mass is 19.4. The van der Waals surface area contributed by atoms with Gasteiger partial charge in [-0.1, -0.05) is 51.1 Å². The summed E-state index contributed by atoms with van der Waals surface area (Å²) in [5.74, 6) is -3.06. The zero-order chi connectivity index (χ0) is 31.1. The lowest BCUT2D eigenvalue weighted by Crippen LogP contribution is -2.47. The maximum Gasteiger partial charge on any atom is 0.416 e. The second-order valence-corrected chi connectivity index (χ2v) is 12.4. The standard InChI is InChI=1S/C32H43F3N2O5/c1-31(2,3)19-27-25-12-11-24(32(33,34)35)18-26(25)23(10-8-6-5-7-9-17-42-4)20-37(29(27)39)21-28(38)36-15-13-22(14-16-36)30(40)41/h6-9,11-12,18,22-23,27H,5,10,13-17,19-21H2,1-4H3,(H,40,41)/b8-6-,9-7-. The van der Waals surface area contributed by atoms with E-state index in [4.69, 9.17) is 4.74 Å². The second kappa shape index (κ2) is 14.4. The largest absolute Gasteiger partial charge is 0.481 e. The van der Waals surface area contributed by atoms with Gasteiger partial charge in [0.1, 0.15) is 0 Å². The van der Waals surface area contributed by atoms with Crippen molar-refractivity contribution in [3.63, 3.8) is 0 Å². The first kappa shape index (κ1) is 33.4. The fourth-order valence-corrected chi connectivity index (χ4v) is 5.72. The number of nitrogens with zero attached hydrogens (tertiary/aromatic N) is 2. The van der Waals surface area contributed by atoms with Gasteiger partial charge in [0, 0.05) is 32.7 Å². The van der Waals surface area contributed by atoms with Crippen LogP contribution in [-0.4, -0.2) is 72.6 Å². The molecule has 1 aromatic carbocycles. The van der Waals surface area contributed by atoms with Gasteiger partial charge in [0.2, 0.25) is 11.8 Å². The Bertz CT molecular complexity index is 1160. The molecule has 1 N–H and O–H groups in total. The number of carbonyl (C=O) groups excluding carboxylic acids is 2. The first-order valence-electron chi connectivity index (χ1n) is 14.5. The molecule has 2 aliphatic rings. The number of alkyl halides is 3. The Hall–Kier alpha value is -3.14. The number of likely N-dealkylation sites (tertiary alicyclic amines) is 1. The molecule has 0 spiro atoms. The summed E-state index contributed by atoms with van der Waals surface area (Å²) < 4.78 is 46.5. The zero-order valence-corrected chi connectivity index (χ0v) is 25.0. The summed E-state index contributed by atoms with van der Waals surface area (Å²) in [4.78, 5) is 41.9. The molecule has 2 atom stereocenters. The lowest BCUT2D eigenvalue weighted by Gasteiger charge is -2.33. The van der Waals surface area contributed by atoms with Crippen LogP contribution in [0.15, 0.2) is 42.5 Å². The number of hydrogen-bond donors (Lipinski definition) is 1. The van der Waals surface area contributed by atoms with Crippen molar-refractivity contribution in [2.75, 3.05) is 39.9 Å². The number of allylic oxidation sites excluding steroid dienone is 3. The van der Waals surface area contributed by atoms with E-state index >= 15 is 0 Å². The van der Waals surface area contributed by atoms with Crippen molar-refractivity contribution < 1.29 is 37.4 Å². The summed E-state index contributed by atoms with van der Waals surface area (Å²) in [7, 11) is 1.60. The number of piperidine rings is 1. The SMILES string of the molecule is COC/C=C\C/C=C\CC1CN(CC(=O)N2CCC(C(=O)O)CC2)C(=O)C(CC(C)(C)C)c2ccc(C(F)(F)F)cc21. The van der Waals surface area contributed by atoms with Crippen LogP contribution in [0.3, 0.4) is 0 Å². The van der Waals surface area contributed by atoms with Gasteiger partial charge in [0.15, 0.2) is 0 Å². The lowest BCUT2D eigenvalue weighted by atomic mass is 9.78.